The van der Waals surface area contributed by atoms with Gasteiger partial charge in [0, 0.05) is 32.8 Å². The van der Waals surface area contributed by atoms with E-state index in [0.29, 0.717) is 36.7 Å². The van der Waals surface area contributed by atoms with Gasteiger partial charge in [-0.05, 0) is 56.0 Å². The number of fused-ring (bicyclic) bond motifs is 1. The zero-order valence-corrected chi connectivity index (χ0v) is 19.9. The standard InChI is InChI=1S/C20H29ClN6O4S/c1-13(15-3-4-15)27-18-16(12-23-20(21)25-18)24-17(19(27)28)22-11-14-5-7-26(8-6-14)32(29,30)10-9-31-2/h12-15H,3-11H2,1-2H3,(H,22,24). The average Bonchev–Trinajstić information content (AvgIpc) is 3.62. The van der Waals surface area contributed by atoms with Crippen molar-refractivity contribution >= 4 is 38.6 Å². The molecule has 0 radical (unpaired) electrons. The number of methoxy groups -OCH3 is 1. The van der Waals surface area contributed by atoms with E-state index in [1.807, 2.05) is 6.92 Å². The number of sulfonamides is 1. The lowest BCUT2D eigenvalue weighted by molar-refractivity contribution is 0.213. The third-order valence-electron chi connectivity index (χ3n) is 6.38. The number of hydrogen-bond donors (Lipinski definition) is 1. The molecule has 0 amide bonds. The molecule has 0 bridgehead atoms. The van der Waals surface area contributed by atoms with Crippen molar-refractivity contribution in [1.29, 1.82) is 0 Å². The van der Waals surface area contributed by atoms with Crippen LogP contribution in [0.25, 0.3) is 11.2 Å². The van der Waals surface area contributed by atoms with Gasteiger partial charge in [0.15, 0.2) is 11.5 Å². The van der Waals surface area contributed by atoms with Gasteiger partial charge in [-0.15, -0.1) is 0 Å². The molecular weight excluding hydrogens is 456 g/mol. The van der Waals surface area contributed by atoms with Crippen molar-refractivity contribution in [3.63, 3.8) is 0 Å². The van der Waals surface area contributed by atoms with Crippen molar-refractivity contribution < 1.29 is 13.2 Å². The predicted octanol–water partition coefficient (Wildman–Crippen LogP) is 1.91. The summed E-state index contributed by atoms with van der Waals surface area (Å²) in [6.45, 7) is 3.71. The van der Waals surface area contributed by atoms with Gasteiger partial charge in [-0.2, -0.15) is 4.98 Å². The van der Waals surface area contributed by atoms with Crippen molar-refractivity contribution in [1.82, 2.24) is 23.8 Å². The first-order valence-corrected chi connectivity index (χ1v) is 12.9. The normalized spacial score (nSPS) is 19.3. The second-order valence-corrected chi connectivity index (χ2v) is 11.0. The Morgan fingerprint density at radius 2 is 1.97 bits per heavy atom. The highest BCUT2D eigenvalue weighted by atomic mass is 35.5. The number of ether oxygens (including phenoxy) is 1. The molecule has 0 aromatic carbocycles. The summed E-state index contributed by atoms with van der Waals surface area (Å²) in [6.07, 6.45) is 5.15. The largest absolute Gasteiger partial charge is 0.384 e. The molecular formula is C20H29ClN6O4S. The van der Waals surface area contributed by atoms with Gasteiger partial charge in [0.25, 0.3) is 5.56 Å². The number of hydrogen-bond acceptors (Lipinski definition) is 8. The van der Waals surface area contributed by atoms with E-state index in [9.17, 15) is 13.2 Å². The molecule has 2 aromatic rings. The van der Waals surface area contributed by atoms with E-state index in [1.54, 1.807) is 4.57 Å². The van der Waals surface area contributed by atoms with E-state index < -0.39 is 10.0 Å². The summed E-state index contributed by atoms with van der Waals surface area (Å²) < 4.78 is 32.8. The minimum atomic E-state index is -3.29. The molecule has 10 nitrogen and oxygen atoms in total. The highest BCUT2D eigenvalue weighted by molar-refractivity contribution is 7.89. The Bertz CT molecular complexity index is 1130. The van der Waals surface area contributed by atoms with Crippen LogP contribution in [0.15, 0.2) is 11.0 Å². The van der Waals surface area contributed by atoms with Crippen LogP contribution in [0, 0.1) is 11.8 Å². The van der Waals surface area contributed by atoms with E-state index in [-0.39, 0.29) is 41.0 Å². The van der Waals surface area contributed by atoms with Gasteiger partial charge in [-0.25, -0.2) is 22.7 Å². The molecule has 2 fully saturated rings. The highest BCUT2D eigenvalue weighted by Crippen LogP contribution is 2.39. The van der Waals surface area contributed by atoms with Gasteiger partial charge in [-0.1, -0.05) is 0 Å². The minimum Gasteiger partial charge on any atom is -0.384 e. The summed E-state index contributed by atoms with van der Waals surface area (Å²) >= 11 is 5.98. The topological polar surface area (TPSA) is 119 Å². The average molecular weight is 485 g/mol. The summed E-state index contributed by atoms with van der Waals surface area (Å²) in [7, 11) is -1.80. The molecule has 0 spiro atoms. The third kappa shape index (κ3) is 5.05. The molecule has 2 aliphatic rings. The number of anilines is 1. The maximum atomic E-state index is 13.3. The van der Waals surface area contributed by atoms with Gasteiger partial charge < -0.3 is 10.1 Å². The fraction of sp³-hybridized carbons (Fsp3) is 0.700. The first-order chi connectivity index (χ1) is 15.3. The maximum Gasteiger partial charge on any atom is 0.295 e. The molecule has 1 saturated carbocycles. The summed E-state index contributed by atoms with van der Waals surface area (Å²) in [6, 6.07) is 0.0000577. The highest BCUT2D eigenvalue weighted by Gasteiger charge is 2.32. The van der Waals surface area contributed by atoms with Gasteiger partial charge in [-0.3, -0.25) is 9.36 Å². The molecule has 12 heteroatoms. The summed E-state index contributed by atoms with van der Waals surface area (Å²) in [5.41, 5.74) is 0.754. The monoisotopic (exact) mass is 484 g/mol. The second kappa shape index (κ2) is 9.58. The van der Waals surface area contributed by atoms with Crippen LogP contribution < -0.4 is 10.9 Å². The number of nitrogens with one attached hydrogen (secondary N) is 1. The lowest BCUT2D eigenvalue weighted by Crippen LogP contribution is -2.41. The smallest absolute Gasteiger partial charge is 0.295 e. The first kappa shape index (κ1) is 23.3. The van der Waals surface area contributed by atoms with Crippen LogP contribution in [0.2, 0.25) is 5.28 Å². The van der Waals surface area contributed by atoms with Gasteiger partial charge in [0.05, 0.1) is 18.6 Å². The zero-order valence-electron chi connectivity index (χ0n) is 18.3. The molecule has 4 rings (SSSR count). The Morgan fingerprint density at radius 1 is 1.25 bits per heavy atom. The van der Waals surface area contributed by atoms with E-state index in [2.05, 4.69) is 20.3 Å². The van der Waals surface area contributed by atoms with Crippen LogP contribution in [0.3, 0.4) is 0 Å². The molecule has 1 aliphatic heterocycles. The molecule has 3 heterocycles. The summed E-state index contributed by atoms with van der Waals surface area (Å²) in [4.78, 5) is 26.0. The third-order valence-corrected chi connectivity index (χ3v) is 8.40. The fourth-order valence-electron chi connectivity index (χ4n) is 4.21. The molecule has 1 N–H and O–H groups in total. The molecule has 176 valence electrons. The lowest BCUT2D eigenvalue weighted by Gasteiger charge is -2.31. The molecule has 1 unspecified atom stereocenters. The van der Waals surface area contributed by atoms with Crippen LogP contribution in [0.1, 0.15) is 38.6 Å². The van der Waals surface area contributed by atoms with Gasteiger partial charge >= 0.3 is 0 Å². The molecule has 1 saturated heterocycles. The number of aromatic nitrogens is 4. The molecule has 2 aromatic heterocycles. The number of halogens is 1. The number of piperidine rings is 1. The van der Waals surface area contributed by atoms with Gasteiger partial charge in [0.2, 0.25) is 15.3 Å². The minimum absolute atomic E-state index is 0.0000577. The molecule has 32 heavy (non-hydrogen) atoms. The van der Waals surface area contributed by atoms with E-state index >= 15 is 0 Å². The predicted molar refractivity (Wildman–Crippen MR) is 122 cm³/mol. The van der Waals surface area contributed by atoms with Crippen molar-refractivity contribution in [2.45, 2.75) is 38.6 Å². The van der Waals surface area contributed by atoms with Crippen LogP contribution in [-0.4, -0.2) is 71.3 Å². The van der Waals surface area contributed by atoms with Crippen LogP contribution in [0.4, 0.5) is 5.82 Å². The van der Waals surface area contributed by atoms with Crippen LogP contribution >= 0.6 is 11.6 Å². The SMILES string of the molecule is COCCS(=O)(=O)N1CCC(CNc2nc3cnc(Cl)nc3n(C(C)C3CC3)c2=O)CC1. The molecule has 1 aliphatic carbocycles. The van der Waals surface area contributed by atoms with E-state index in [1.165, 1.54) is 17.6 Å². The van der Waals surface area contributed by atoms with E-state index in [0.717, 1.165) is 25.7 Å². The zero-order chi connectivity index (χ0) is 22.9. The van der Waals surface area contributed by atoms with Crippen LogP contribution in [-0.2, 0) is 14.8 Å². The summed E-state index contributed by atoms with van der Waals surface area (Å²) in [5, 5.41) is 3.30. The van der Waals surface area contributed by atoms with E-state index in [4.69, 9.17) is 16.3 Å². The fourth-order valence-corrected chi connectivity index (χ4v) is 5.74. The second-order valence-electron chi connectivity index (χ2n) is 8.59. The number of nitrogens with zero attached hydrogens (tertiary/aromatic N) is 5. The summed E-state index contributed by atoms with van der Waals surface area (Å²) in [5.74, 6) is 0.963. The van der Waals surface area contributed by atoms with Crippen molar-refractivity contribution in [2.24, 2.45) is 11.8 Å². The number of rotatable bonds is 9. The van der Waals surface area contributed by atoms with Crippen molar-refractivity contribution in [2.75, 3.05) is 44.4 Å². The Labute approximate surface area is 192 Å². The lowest BCUT2D eigenvalue weighted by atomic mass is 9.98. The Balaban J connectivity index is 1.47. The first-order valence-electron chi connectivity index (χ1n) is 11.0. The Hall–Kier alpha value is -1.82. The quantitative estimate of drug-likeness (QED) is 0.536. The maximum absolute atomic E-state index is 13.3. The Kier molecular flexibility index (Phi) is 6.99. The van der Waals surface area contributed by atoms with Crippen LogP contribution in [0.5, 0.6) is 0 Å². The Morgan fingerprint density at radius 3 is 2.62 bits per heavy atom. The molecule has 1 atom stereocenters. The van der Waals surface area contributed by atoms with Crippen molar-refractivity contribution in [3.05, 3.63) is 21.8 Å². The van der Waals surface area contributed by atoms with Gasteiger partial charge in [0.1, 0.15) is 5.52 Å². The van der Waals surface area contributed by atoms with Crippen molar-refractivity contribution in [3.8, 4) is 0 Å².